The third-order valence-electron chi connectivity index (χ3n) is 5.44. The van der Waals surface area contributed by atoms with Gasteiger partial charge >= 0.3 is 17.9 Å². The van der Waals surface area contributed by atoms with Crippen LogP contribution < -0.4 is 0 Å². The van der Waals surface area contributed by atoms with Crippen LogP contribution in [0.1, 0.15) is 37.5 Å². The van der Waals surface area contributed by atoms with E-state index in [9.17, 15) is 19.5 Å². The van der Waals surface area contributed by atoms with E-state index in [2.05, 4.69) is 15.9 Å². The minimum atomic E-state index is -2.22. The average Bonchev–Trinajstić information content (AvgIpc) is 2.90. The van der Waals surface area contributed by atoms with E-state index in [0.717, 1.165) is 0 Å². The van der Waals surface area contributed by atoms with Gasteiger partial charge in [-0.1, -0.05) is 54.6 Å². The zero-order valence-corrected chi connectivity index (χ0v) is 20.6. The summed E-state index contributed by atoms with van der Waals surface area (Å²) in [6, 6.07) is 24.8. The standard InChI is InChI=1S/C27H23BrO8/c28-27(32)23(35-26(31)20-14-8-3-9-15-20)22(34-25(30)19-12-6-2-7-13-19)16-21(36-27)17-33-24(29)18-10-4-1-5-11-18/h1-15,21-23,32H,16-17H2/t21-,22-,23+,27+/m0/s1. The lowest BCUT2D eigenvalue weighted by atomic mass is 10.0. The number of hydrogen-bond acceptors (Lipinski definition) is 8. The Morgan fingerprint density at radius 3 is 1.72 bits per heavy atom. The van der Waals surface area contributed by atoms with Crippen LogP contribution in [-0.2, 0) is 18.9 Å². The molecule has 1 aliphatic heterocycles. The largest absolute Gasteiger partial charge is 0.459 e. The maximum atomic E-state index is 12.8. The SMILES string of the molecule is O=C(OC[C@@H]1C[C@H](OC(=O)c2ccccc2)[C@@H](OC(=O)c2ccccc2)[C@](O)(Br)O1)c1ccccc1. The van der Waals surface area contributed by atoms with Gasteiger partial charge in [0.05, 0.1) is 22.8 Å². The molecule has 1 heterocycles. The number of hydrogen-bond donors (Lipinski definition) is 1. The lowest BCUT2D eigenvalue weighted by Gasteiger charge is -2.42. The molecule has 36 heavy (non-hydrogen) atoms. The maximum absolute atomic E-state index is 12.8. The predicted octanol–water partition coefficient (Wildman–Crippen LogP) is 4.12. The van der Waals surface area contributed by atoms with Gasteiger partial charge in [0.15, 0.2) is 0 Å². The molecule has 1 N–H and O–H groups in total. The molecule has 0 bridgehead atoms. The normalized spacial score (nSPS) is 23.3. The second kappa shape index (κ2) is 11.5. The summed E-state index contributed by atoms with van der Waals surface area (Å²) in [6.07, 6.45) is -3.42. The molecule has 4 atom stereocenters. The van der Waals surface area contributed by atoms with Crippen molar-refractivity contribution in [3.63, 3.8) is 0 Å². The molecule has 9 heteroatoms. The fourth-order valence-electron chi connectivity index (χ4n) is 3.69. The lowest BCUT2D eigenvalue weighted by Crippen LogP contribution is -2.58. The molecule has 3 aromatic carbocycles. The summed E-state index contributed by atoms with van der Waals surface area (Å²) in [7, 11) is 0. The van der Waals surface area contributed by atoms with Crippen LogP contribution in [0.3, 0.4) is 0 Å². The van der Waals surface area contributed by atoms with Gasteiger partial charge < -0.3 is 24.1 Å². The second-order valence-corrected chi connectivity index (χ2v) is 9.19. The van der Waals surface area contributed by atoms with Crippen LogP contribution in [0.25, 0.3) is 0 Å². The van der Waals surface area contributed by atoms with E-state index >= 15 is 0 Å². The van der Waals surface area contributed by atoms with Crippen LogP contribution in [0.4, 0.5) is 0 Å². The van der Waals surface area contributed by atoms with E-state index in [-0.39, 0.29) is 24.2 Å². The number of benzene rings is 3. The van der Waals surface area contributed by atoms with Gasteiger partial charge in [0.2, 0.25) is 6.10 Å². The number of aliphatic hydroxyl groups is 1. The Labute approximate surface area is 215 Å². The van der Waals surface area contributed by atoms with Gasteiger partial charge in [0.25, 0.3) is 4.70 Å². The molecule has 0 unspecified atom stereocenters. The van der Waals surface area contributed by atoms with Gasteiger partial charge in [0.1, 0.15) is 12.7 Å². The Morgan fingerprint density at radius 1 is 0.778 bits per heavy atom. The molecule has 4 rings (SSSR count). The smallest absolute Gasteiger partial charge is 0.338 e. The van der Waals surface area contributed by atoms with Gasteiger partial charge in [-0.3, -0.25) is 0 Å². The van der Waals surface area contributed by atoms with Crippen molar-refractivity contribution >= 4 is 33.8 Å². The Hall–Kier alpha value is -3.53. The van der Waals surface area contributed by atoms with Crippen molar-refractivity contribution in [3.05, 3.63) is 108 Å². The van der Waals surface area contributed by atoms with Gasteiger partial charge in [-0.25, -0.2) is 14.4 Å². The topological polar surface area (TPSA) is 108 Å². The Kier molecular flexibility index (Phi) is 8.14. The van der Waals surface area contributed by atoms with Gasteiger partial charge in [-0.2, -0.15) is 0 Å². The first-order chi connectivity index (χ1) is 17.3. The Balaban J connectivity index is 1.51. The molecule has 186 valence electrons. The van der Waals surface area contributed by atoms with Crippen molar-refractivity contribution in [2.45, 2.75) is 29.4 Å². The fourth-order valence-corrected chi connectivity index (χ4v) is 4.34. The molecule has 8 nitrogen and oxygen atoms in total. The van der Waals surface area contributed by atoms with E-state index in [1.54, 1.807) is 91.0 Å². The first-order valence-electron chi connectivity index (χ1n) is 11.2. The van der Waals surface area contributed by atoms with Crippen LogP contribution in [0, 0.1) is 0 Å². The number of ether oxygens (including phenoxy) is 4. The van der Waals surface area contributed by atoms with Gasteiger partial charge in [-0.15, -0.1) is 0 Å². The zero-order chi connectivity index (χ0) is 25.5. The van der Waals surface area contributed by atoms with E-state index in [0.29, 0.717) is 5.56 Å². The molecule has 0 saturated carbocycles. The number of carbonyl (C=O) groups excluding carboxylic acids is 3. The van der Waals surface area contributed by atoms with Gasteiger partial charge in [-0.05, 0) is 52.3 Å². The van der Waals surface area contributed by atoms with Crippen molar-refractivity contribution in [2.75, 3.05) is 6.61 Å². The summed E-state index contributed by atoms with van der Waals surface area (Å²) in [6.45, 7) is -0.236. The first kappa shape index (κ1) is 25.6. The van der Waals surface area contributed by atoms with E-state index < -0.39 is 40.9 Å². The van der Waals surface area contributed by atoms with Crippen molar-refractivity contribution in [2.24, 2.45) is 0 Å². The van der Waals surface area contributed by atoms with Crippen molar-refractivity contribution < 1.29 is 38.4 Å². The van der Waals surface area contributed by atoms with Crippen molar-refractivity contribution in [1.29, 1.82) is 0 Å². The van der Waals surface area contributed by atoms with Crippen LogP contribution in [0.2, 0.25) is 0 Å². The lowest BCUT2D eigenvalue weighted by molar-refractivity contribution is -0.268. The number of esters is 3. The minimum Gasteiger partial charge on any atom is -0.459 e. The monoisotopic (exact) mass is 554 g/mol. The third-order valence-corrected chi connectivity index (χ3v) is 6.08. The molecule has 1 fully saturated rings. The summed E-state index contributed by atoms with van der Waals surface area (Å²) < 4.78 is 20.0. The zero-order valence-electron chi connectivity index (χ0n) is 19.0. The molecule has 0 radical (unpaired) electrons. The Bertz CT molecular complexity index is 1180. The molecule has 1 saturated heterocycles. The molecule has 0 aromatic heterocycles. The van der Waals surface area contributed by atoms with Crippen LogP contribution >= 0.6 is 15.9 Å². The highest BCUT2D eigenvalue weighted by Gasteiger charge is 2.52. The summed E-state index contributed by atoms with van der Waals surface area (Å²) in [5, 5.41) is 11.0. The maximum Gasteiger partial charge on any atom is 0.338 e. The molecule has 0 aliphatic carbocycles. The first-order valence-corrected chi connectivity index (χ1v) is 12.0. The highest BCUT2D eigenvalue weighted by molar-refractivity contribution is 9.10. The van der Waals surface area contributed by atoms with Crippen LogP contribution in [0.5, 0.6) is 0 Å². The number of alkyl halides is 1. The van der Waals surface area contributed by atoms with Crippen LogP contribution in [-0.4, -0.2) is 52.6 Å². The summed E-state index contributed by atoms with van der Waals surface area (Å²) in [4.78, 5) is 37.9. The predicted molar refractivity (Wildman–Crippen MR) is 131 cm³/mol. The number of carbonyl (C=O) groups is 3. The van der Waals surface area contributed by atoms with Crippen molar-refractivity contribution in [1.82, 2.24) is 0 Å². The van der Waals surface area contributed by atoms with Crippen LogP contribution in [0.15, 0.2) is 91.0 Å². The quantitative estimate of drug-likeness (QED) is 0.264. The highest BCUT2D eigenvalue weighted by atomic mass is 79.9. The second-order valence-electron chi connectivity index (χ2n) is 8.05. The molecule has 0 amide bonds. The molecular formula is C27H23BrO8. The number of rotatable bonds is 7. The van der Waals surface area contributed by atoms with E-state index in [1.165, 1.54) is 0 Å². The molecule has 0 spiro atoms. The third kappa shape index (κ3) is 6.37. The summed E-state index contributed by atoms with van der Waals surface area (Å²) in [5.41, 5.74) is 0.874. The summed E-state index contributed by atoms with van der Waals surface area (Å²) in [5.74, 6) is -1.99. The van der Waals surface area contributed by atoms with E-state index in [4.69, 9.17) is 18.9 Å². The molecule has 1 aliphatic rings. The minimum absolute atomic E-state index is 0.0126. The van der Waals surface area contributed by atoms with Gasteiger partial charge in [0, 0.05) is 6.42 Å². The number of halogens is 1. The average molecular weight is 555 g/mol. The molecular weight excluding hydrogens is 532 g/mol. The van der Waals surface area contributed by atoms with Crippen molar-refractivity contribution in [3.8, 4) is 0 Å². The fraction of sp³-hybridized carbons (Fsp3) is 0.222. The van der Waals surface area contributed by atoms with E-state index in [1.807, 2.05) is 0 Å². The summed E-state index contributed by atoms with van der Waals surface area (Å²) >= 11 is 3.06. The molecule has 3 aromatic rings. The Morgan fingerprint density at radius 2 is 1.22 bits per heavy atom. The highest BCUT2D eigenvalue weighted by Crippen LogP contribution is 2.37.